The van der Waals surface area contributed by atoms with Gasteiger partial charge in [-0.15, -0.1) is 24.0 Å². The number of hydrogen-bond donors (Lipinski definition) is 3. The molecule has 1 rings (SSSR count). The van der Waals surface area contributed by atoms with Crippen LogP contribution in [0.3, 0.4) is 0 Å². The van der Waals surface area contributed by atoms with Gasteiger partial charge < -0.3 is 15.7 Å². The Balaban J connectivity index is 0.00000441. The second-order valence-electron chi connectivity index (χ2n) is 5.88. The number of phenolic OH excluding ortho intramolecular Hbond substituents is 1. The van der Waals surface area contributed by atoms with Crippen LogP contribution in [-0.2, 0) is 6.54 Å². The number of halogens is 1. The van der Waals surface area contributed by atoms with Gasteiger partial charge in [0, 0.05) is 13.1 Å². The van der Waals surface area contributed by atoms with E-state index in [0.29, 0.717) is 18.2 Å². The van der Waals surface area contributed by atoms with E-state index >= 15 is 0 Å². The molecule has 1 aromatic carbocycles. The van der Waals surface area contributed by atoms with E-state index in [2.05, 4.69) is 36.4 Å². The summed E-state index contributed by atoms with van der Waals surface area (Å²) in [6, 6.07) is 3.98. The molecular formula is C17H30IN3O. The lowest BCUT2D eigenvalue weighted by molar-refractivity contribution is 0.466. The summed E-state index contributed by atoms with van der Waals surface area (Å²) < 4.78 is 0. The van der Waals surface area contributed by atoms with Crippen LogP contribution < -0.4 is 10.6 Å². The third kappa shape index (κ3) is 7.33. The molecule has 0 aliphatic rings. The summed E-state index contributed by atoms with van der Waals surface area (Å²) >= 11 is 0. The molecule has 0 fully saturated rings. The molecule has 126 valence electrons. The Labute approximate surface area is 151 Å². The van der Waals surface area contributed by atoms with Crippen LogP contribution in [-0.4, -0.2) is 24.2 Å². The molecule has 0 aliphatic heterocycles. The highest BCUT2D eigenvalue weighted by atomic mass is 127. The molecule has 0 radical (unpaired) electrons. The van der Waals surface area contributed by atoms with Crippen LogP contribution in [0, 0.1) is 19.8 Å². The molecule has 0 atom stereocenters. The highest BCUT2D eigenvalue weighted by Crippen LogP contribution is 2.23. The van der Waals surface area contributed by atoms with E-state index in [1.54, 1.807) is 0 Å². The van der Waals surface area contributed by atoms with Gasteiger partial charge in [-0.3, -0.25) is 0 Å². The molecule has 22 heavy (non-hydrogen) atoms. The summed E-state index contributed by atoms with van der Waals surface area (Å²) in [4.78, 5) is 4.61. The van der Waals surface area contributed by atoms with Crippen molar-refractivity contribution in [3.8, 4) is 5.75 Å². The fraction of sp³-hybridized carbons (Fsp3) is 0.588. The molecular weight excluding hydrogens is 389 g/mol. The zero-order valence-electron chi connectivity index (χ0n) is 14.4. The molecule has 0 amide bonds. The number of aryl methyl sites for hydroxylation is 2. The van der Waals surface area contributed by atoms with Gasteiger partial charge in [0.2, 0.25) is 0 Å². The zero-order chi connectivity index (χ0) is 15.8. The normalized spacial score (nSPS) is 11.3. The minimum absolute atomic E-state index is 0. The van der Waals surface area contributed by atoms with Gasteiger partial charge >= 0.3 is 0 Å². The minimum Gasteiger partial charge on any atom is -0.507 e. The Bertz CT molecular complexity index is 464. The quantitative estimate of drug-likeness (QED) is 0.374. The first-order valence-corrected chi connectivity index (χ1v) is 7.75. The number of aromatic hydroxyl groups is 1. The summed E-state index contributed by atoms with van der Waals surface area (Å²) in [5, 5.41) is 16.4. The van der Waals surface area contributed by atoms with Crippen molar-refractivity contribution in [2.75, 3.05) is 13.1 Å². The van der Waals surface area contributed by atoms with Gasteiger partial charge in [0.1, 0.15) is 5.75 Å². The van der Waals surface area contributed by atoms with Gasteiger partial charge in [-0.2, -0.15) is 0 Å². The smallest absolute Gasteiger partial charge is 0.191 e. The third-order valence-corrected chi connectivity index (χ3v) is 3.33. The van der Waals surface area contributed by atoms with Gasteiger partial charge in [-0.1, -0.05) is 26.0 Å². The maximum atomic E-state index is 9.80. The van der Waals surface area contributed by atoms with E-state index in [4.69, 9.17) is 0 Å². The average molecular weight is 419 g/mol. The van der Waals surface area contributed by atoms with Gasteiger partial charge in [-0.25, -0.2) is 4.99 Å². The molecule has 0 saturated heterocycles. The number of hydrogen-bond acceptors (Lipinski definition) is 2. The molecule has 0 spiro atoms. The van der Waals surface area contributed by atoms with Gasteiger partial charge in [0.15, 0.2) is 5.96 Å². The van der Waals surface area contributed by atoms with E-state index < -0.39 is 0 Å². The number of aliphatic imine (C=N–C) groups is 1. The number of benzene rings is 1. The lowest BCUT2D eigenvalue weighted by Gasteiger charge is -2.13. The standard InChI is InChI=1S/C17H29N3O.HI/c1-6-18-17(19-8-7-12(2)3)20-11-15-9-13(4)16(21)14(5)10-15;/h9-10,12,21H,6-8,11H2,1-5H3,(H2,18,19,20);1H. The minimum atomic E-state index is 0. The molecule has 0 aromatic heterocycles. The predicted octanol–water partition coefficient (Wildman–Crippen LogP) is 3.73. The van der Waals surface area contributed by atoms with Crippen LogP contribution in [0.25, 0.3) is 0 Å². The topological polar surface area (TPSA) is 56.7 Å². The van der Waals surface area contributed by atoms with Crippen molar-refractivity contribution in [1.29, 1.82) is 0 Å². The monoisotopic (exact) mass is 419 g/mol. The molecule has 0 heterocycles. The molecule has 0 bridgehead atoms. The Morgan fingerprint density at radius 1 is 1.18 bits per heavy atom. The number of nitrogens with one attached hydrogen (secondary N) is 2. The fourth-order valence-corrected chi connectivity index (χ4v) is 2.13. The van der Waals surface area contributed by atoms with E-state index in [1.165, 1.54) is 0 Å². The second kappa shape index (κ2) is 10.7. The molecule has 4 nitrogen and oxygen atoms in total. The SMILES string of the molecule is CCNC(=NCc1cc(C)c(O)c(C)c1)NCCC(C)C.I. The van der Waals surface area contributed by atoms with E-state index in [-0.39, 0.29) is 24.0 Å². The summed E-state index contributed by atoms with van der Waals surface area (Å²) in [5.74, 6) is 1.91. The molecule has 5 heteroatoms. The van der Waals surface area contributed by atoms with Crippen molar-refractivity contribution in [1.82, 2.24) is 10.6 Å². The van der Waals surface area contributed by atoms with Crippen molar-refractivity contribution in [2.24, 2.45) is 10.9 Å². The molecule has 3 N–H and O–H groups in total. The Kier molecular flexibility index (Phi) is 10.2. The van der Waals surface area contributed by atoms with Gasteiger partial charge in [0.25, 0.3) is 0 Å². The first-order chi connectivity index (χ1) is 9.93. The highest BCUT2D eigenvalue weighted by molar-refractivity contribution is 14.0. The van der Waals surface area contributed by atoms with Crippen molar-refractivity contribution in [2.45, 2.75) is 47.6 Å². The largest absolute Gasteiger partial charge is 0.507 e. The van der Waals surface area contributed by atoms with Crippen LogP contribution in [0.4, 0.5) is 0 Å². The van der Waals surface area contributed by atoms with Crippen LogP contribution in [0.2, 0.25) is 0 Å². The second-order valence-corrected chi connectivity index (χ2v) is 5.88. The number of phenols is 1. The van der Waals surface area contributed by atoms with E-state index in [1.807, 2.05) is 26.0 Å². The van der Waals surface area contributed by atoms with Crippen molar-refractivity contribution in [3.63, 3.8) is 0 Å². The van der Waals surface area contributed by atoms with Crippen LogP contribution in [0.5, 0.6) is 5.75 Å². The van der Waals surface area contributed by atoms with Crippen molar-refractivity contribution >= 4 is 29.9 Å². The lowest BCUT2D eigenvalue weighted by Crippen LogP contribution is -2.38. The summed E-state index contributed by atoms with van der Waals surface area (Å²) in [6.45, 7) is 12.7. The van der Waals surface area contributed by atoms with Crippen molar-refractivity contribution in [3.05, 3.63) is 28.8 Å². The Morgan fingerprint density at radius 3 is 2.27 bits per heavy atom. The summed E-state index contributed by atoms with van der Waals surface area (Å²) in [6.07, 6.45) is 1.13. The van der Waals surface area contributed by atoms with Crippen LogP contribution in [0.1, 0.15) is 43.9 Å². The first-order valence-electron chi connectivity index (χ1n) is 7.75. The van der Waals surface area contributed by atoms with Gasteiger partial charge in [-0.05, 0) is 49.8 Å². The number of nitrogens with zero attached hydrogens (tertiary/aromatic N) is 1. The molecule has 1 aromatic rings. The van der Waals surface area contributed by atoms with Crippen LogP contribution >= 0.6 is 24.0 Å². The van der Waals surface area contributed by atoms with Crippen molar-refractivity contribution < 1.29 is 5.11 Å². The third-order valence-electron chi connectivity index (χ3n) is 3.33. The van der Waals surface area contributed by atoms with E-state index in [9.17, 15) is 5.11 Å². The number of rotatable bonds is 6. The molecule has 0 unspecified atom stereocenters. The summed E-state index contributed by atoms with van der Waals surface area (Å²) in [7, 11) is 0. The predicted molar refractivity (Wildman–Crippen MR) is 105 cm³/mol. The average Bonchev–Trinajstić information content (AvgIpc) is 2.41. The summed E-state index contributed by atoms with van der Waals surface area (Å²) in [5.41, 5.74) is 2.92. The Morgan fingerprint density at radius 2 is 1.77 bits per heavy atom. The fourth-order valence-electron chi connectivity index (χ4n) is 2.13. The van der Waals surface area contributed by atoms with Crippen LogP contribution in [0.15, 0.2) is 17.1 Å². The first kappa shape index (κ1) is 21.0. The maximum Gasteiger partial charge on any atom is 0.191 e. The zero-order valence-corrected chi connectivity index (χ0v) is 16.7. The molecule has 0 aliphatic carbocycles. The maximum absolute atomic E-state index is 9.80. The Hall–Kier alpha value is -0.980. The molecule has 0 saturated carbocycles. The van der Waals surface area contributed by atoms with Gasteiger partial charge in [0.05, 0.1) is 6.54 Å². The number of guanidine groups is 1. The van der Waals surface area contributed by atoms with E-state index in [0.717, 1.165) is 42.2 Å². The highest BCUT2D eigenvalue weighted by Gasteiger charge is 2.04. The lowest BCUT2D eigenvalue weighted by atomic mass is 10.1.